The molecule has 0 bridgehead atoms. The molecule has 6 heteroatoms. The molecule has 1 saturated heterocycles. The number of aryl methyl sites for hydroxylation is 1. The van der Waals surface area contributed by atoms with E-state index in [2.05, 4.69) is 5.32 Å². The number of nitrogens with one attached hydrogen (secondary N) is 1. The molecule has 0 saturated carbocycles. The van der Waals surface area contributed by atoms with Crippen molar-refractivity contribution in [1.82, 2.24) is 10.2 Å². The zero-order valence-corrected chi connectivity index (χ0v) is 13.8. The van der Waals surface area contributed by atoms with Gasteiger partial charge in [0.25, 0.3) is 0 Å². The lowest BCUT2D eigenvalue weighted by atomic mass is 10.1. The van der Waals surface area contributed by atoms with E-state index < -0.39 is 0 Å². The second-order valence-electron chi connectivity index (χ2n) is 5.94. The van der Waals surface area contributed by atoms with Gasteiger partial charge in [-0.05, 0) is 26.0 Å². The van der Waals surface area contributed by atoms with Gasteiger partial charge in [-0.3, -0.25) is 14.4 Å². The summed E-state index contributed by atoms with van der Waals surface area (Å²) in [5, 5.41) is 2.60. The standard InChI is InChI=1S/C17H23N3O3/c1-12-4-6-15(7-5-12)20-10-13(2)19(11-17(20)23)16(22)8-9-18-14(3)21/h4-7,13H,8-11H2,1-3H3,(H,18,21). The first kappa shape index (κ1) is 17.0. The van der Waals surface area contributed by atoms with Gasteiger partial charge in [-0.1, -0.05) is 17.7 Å². The third-order valence-electron chi connectivity index (χ3n) is 3.96. The highest BCUT2D eigenvalue weighted by molar-refractivity contribution is 5.98. The Balaban J connectivity index is 1.98. The van der Waals surface area contributed by atoms with E-state index in [9.17, 15) is 14.4 Å². The largest absolute Gasteiger partial charge is 0.356 e. The number of benzene rings is 1. The minimum absolute atomic E-state index is 0.0566. The van der Waals surface area contributed by atoms with Crippen LogP contribution in [0.5, 0.6) is 0 Å². The van der Waals surface area contributed by atoms with Gasteiger partial charge >= 0.3 is 0 Å². The Labute approximate surface area is 136 Å². The van der Waals surface area contributed by atoms with Gasteiger partial charge in [0.15, 0.2) is 0 Å². The van der Waals surface area contributed by atoms with E-state index in [1.165, 1.54) is 6.92 Å². The molecule has 0 aliphatic carbocycles. The molecule has 1 fully saturated rings. The van der Waals surface area contributed by atoms with E-state index in [4.69, 9.17) is 0 Å². The molecule has 0 radical (unpaired) electrons. The predicted molar refractivity (Wildman–Crippen MR) is 88.0 cm³/mol. The molecule has 1 unspecified atom stereocenters. The van der Waals surface area contributed by atoms with Crippen molar-refractivity contribution in [2.75, 3.05) is 24.5 Å². The van der Waals surface area contributed by atoms with Gasteiger partial charge < -0.3 is 15.1 Å². The number of hydrogen-bond donors (Lipinski definition) is 1. The van der Waals surface area contributed by atoms with Gasteiger partial charge in [-0.15, -0.1) is 0 Å². The average molecular weight is 317 g/mol. The molecule has 1 aromatic rings. The van der Waals surface area contributed by atoms with E-state index in [-0.39, 0.29) is 36.7 Å². The number of carbonyl (C=O) groups is 3. The van der Waals surface area contributed by atoms with Crippen LogP contribution in [-0.2, 0) is 14.4 Å². The third kappa shape index (κ3) is 4.31. The highest BCUT2D eigenvalue weighted by Gasteiger charge is 2.32. The monoisotopic (exact) mass is 317 g/mol. The third-order valence-corrected chi connectivity index (χ3v) is 3.96. The van der Waals surface area contributed by atoms with Gasteiger partial charge in [0.2, 0.25) is 17.7 Å². The highest BCUT2D eigenvalue weighted by atomic mass is 16.2. The van der Waals surface area contributed by atoms with Gasteiger partial charge in [0, 0.05) is 38.2 Å². The summed E-state index contributed by atoms with van der Waals surface area (Å²) in [4.78, 5) is 38.8. The number of nitrogens with zero attached hydrogens (tertiary/aromatic N) is 2. The summed E-state index contributed by atoms with van der Waals surface area (Å²) in [5.41, 5.74) is 2.00. The lowest BCUT2D eigenvalue weighted by molar-refractivity contribution is -0.139. The Hall–Kier alpha value is -2.37. The normalized spacial score (nSPS) is 18.0. The van der Waals surface area contributed by atoms with Crippen molar-refractivity contribution in [3.8, 4) is 0 Å². The van der Waals surface area contributed by atoms with Crippen LogP contribution in [-0.4, -0.2) is 48.3 Å². The molecule has 0 spiro atoms. The van der Waals surface area contributed by atoms with Crippen LogP contribution in [0.4, 0.5) is 5.69 Å². The van der Waals surface area contributed by atoms with Gasteiger partial charge in [-0.2, -0.15) is 0 Å². The highest BCUT2D eigenvalue weighted by Crippen LogP contribution is 2.21. The van der Waals surface area contributed by atoms with E-state index >= 15 is 0 Å². The molecule has 3 amide bonds. The summed E-state index contributed by atoms with van der Waals surface area (Å²) in [6, 6.07) is 7.73. The van der Waals surface area contributed by atoms with Crippen LogP contribution in [0.15, 0.2) is 24.3 Å². The van der Waals surface area contributed by atoms with Crippen molar-refractivity contribution in [2.45, 2.75) is 33.2 Å². The summed E-state index contributed by atoms with van der Waals surface area (Å²) in [6.45, 7) is 6.20. The molecule has 1 atom stereocenters. The van der Waals surface area contributed by atoms with Crippen LogP contribution in [0.1, 0.15) is 25.8 Å². The zero-order chi connectivity index (χ0) is 17.0. The summed E-state index contributed by atoms with van der Waals surface area (Å²) in [5.74, 6) is -0.353. The zero-order valence-electron chi connectivity index (χ0n) is 13.8. The van der Waals surface area contributed by atoms with Crippen LogP contribution >= 0.6 is 0 Å². The molecule has 1 heterocycles. The lowest BCUT2D eigenvalue weighted by Gasteiger charge is -2.39. The molecule has 1 aromatic carbocycles. The molecule has 0 aromatic heterocycles. The van der Waals surface area contributed by atoms with E-state index in [1.54, 1.807) is 9.80 Å². The molecule has 1 aliphatic rings. The number of rotatable bonds is 4. The fraction of sp³-hybridized carbons (Fsp3) is 0.471. The van der Waals surface area contributed by atoms with Crippen molar-refractivity contribution < 1.29 is 14.4 Å². The van der Waals surface area contributed by atoms with Gasteiger partial charge in [0.1, 0.15) is 6.54 Å². The Morgan fingerprint density at radius 2 is 1.91 bits per heavy atom. The SMILES string of the molecule is CC(=O)NCCC(=O)N1CC(=O)N(c2ccc(C)cc2)CC1C. The van der Waals surface area contributed by atoms with Crippen molar-refractivity contribution >= 4 is 23.4 Å². The quantitative estimate of drug-likeness (QED) is 0.903. The summed E-state index contributed by atoms with van der Waals surface area (Å²) < 4.78 is 0. The van der Waals surface area contributed by atoms with Crippen molar-refractivity contribution in [3.05, 3.63) is 29.8 Å². The first-order valence-electron chi connectivity index (χ1n) is 7.79. The van der Waals surface area contributed by atoms with Crippen molar-refractivity contribution in [2.24, 2.45) is 0 Å². The van der Waals surface area contributed by atoms with Crippen molar-refractivity contribution in [3.63, 3.8) is 0 Å². The molecule has 6 nitrogen and oxygen atoms in total. The topological polar surface area (TPSA) is 69.7 Å². The molecule has 1 N–H and O–H groups in total. The molecular weight excluding hydrogens is 294 g/mol. The molecule has 23 heavy (non-hydrogen) atoms. The second-order valence-corrected chi connectivity index (χ2v) is 5.94. The maximum atomic E-state index is 12.4. The van der Waals surface area contributed by atoms with Crippen LogP contribution in [0.2, 0.25) is 0 Å². The van der Waals surface area contributed by atoms with Gasteiger partial charge in [0.05, 0.1) is 0 Å². The fourth-order valence-electron chi connectivity index (χ4n) is 2.65. The predicted octanol–water partition coefficient (Wildman–Crippen LogP) is 1.08. The summed E-state index contributed by atoms with van der Waals surface area (Å²) >= 11 is 0. The minimum Gasteiger partial charge on any atom is -0.356 e. The number of carbonyl (C=O) groups excluding carboxylic acids is 3. The minimum atomic E-state index is -0.161. The van der Waals surface area contributed by atoms with E-state index in [0.29, 0.717) is 13.1 Å². The van der Waals surface area contributed by atoms with Gasteiger partial charge in [-0.25, -0.2) is 0 Å². The van der Waals surface area contributed by atoms with Crippen LogP contribution < -0.4 is 10.2 Å². The maximum absolute atomic E-state index is 12.4. The number of anilines is 1. The number of amides is 3. The Kier molecular flexibility index (Phi) is 5.36. The first-order valence-corrected chi connectivity index (χ1v) is 7.79. The Morgan fingerprint density at radius 1 is 1.26 bits per heavy atom. The molecule has 2 rings (SSSR count). The smallest absolute Gasteiger partial charge is 0.246 e. The average Bonchev–Trinajstić information content (AvgIpc) is 2.49. The molecule has 124 valence electrons. The number of piperazine rings is 1. The molecule has 1 aliphatic heterocycles. The maximum Gasteiger partial charge on any atom is 0.246 e. The first-order chi connectivity index (χ1) is 10.9. The lowest BCUT2D eigenvalue weighted by Crippen LogP contribution is -2.57. The number of hydrogen-bond acceptors (Lipinski definition) is 3. The second kappa shape index (κ2) is 7.26. The van der Waals surface area contributed by atoms with E-state index in [0.717, 1.165) is 11.3 Å². The van der Waals surface area contributed by atoms with Crippen LogP contribution in [0.3, 0.4) is 0 Å². The summed E-state index contributed by atoms with van der Waals surface area (Å²) in [6.07, 6.45) is 0.210. The van der Waals surface area contributed by atoms with E-state index in [1.807, 2.05) is 38.1 Å². The molecular formula is C17H23N3O3. The Morgan fingerprint density at radius 3 is 2.52 bits per heavy atom. The summed E-state index contributed by atoms with van der Waals surface area (Å²) in [7, 11) is 0. The van der Waals surface area contributed by atoms with Crippen molar-refractivity contribution in [1.29, 1.82) is 0 Å². The van der Waals surface area contributed by atoms with Crippen LogP contribution in [0, 0.1) is 6.92 Å². The fourth-order valence-corrected chi connectivity index (χ4v) is 2.65. The Bertz CT molecular complexity index is 598. The van der Waals surface area contributed by atoms with Crippen LogP contribution in [0.25, 0.3) is 0 Å².